The predicted octanol–water partition coefficient (Wildman–Crippen LogP) is 5.52. The van der Waals surface area contributed by atoms with Crippen LogP contribution in [-0.2, 0) is 10.2 Å². The molecule has 10 nitrogen and oxygen atoms in total. The Balaban J connectivity index is 0.00000405. The Bertz CT molecular complexity index is 1650. The molecule has 3 N–H and O–H groups in total. The molecule has 0 amide bonds. The van der Waals surface area contributed by atoms with Crippen LogP contribution in [0.25, 0.3) is 22.0 Å². The molecule has 0 spiro atoms. The highest BCUT2D eigenvalue weighted by Crippen LogP contribution is 2.39. The van der Waals surface area contributed by atoms with Crippen LogP contribution in [-0.4, -0.2) is 60.4 Å². The van der Waals surface area contributed by atoms with Gasteiger partial charge in [0.2, 0.25) is 11.8 Å². The van der Waals surface area contributed by atoms with Crippen molar-refractivity contribution in [3.8, 4) is 22.9 Å². The molecule has 3 heterocycles. The molecular weight excluding hydrogens is 581 g/mol. The second-order valence-electron chi connectivity index (χ2n) is 10.1. The maximum Gasteiger partial charge on any atom is 0.301 e. The van der Waals surface area contributed by atoms with Gasteiger partial charge in [0.15, 0.2) is 0 Å². The summed E-state index contributed by atoms with van der Waals surface area (Å²) in [5.41, 5.74) is 1.92. The Hall–Kier alpha value is -3.58. The third kappa shape index (κ3) is 6.89. The van der Waals surface area contributed by atoms with Gasteiger partial charge in [0.05, 0.1) is 16.9 Å². The van der Waals surface area contributed by atoms with Crippen LogP contribution >= 0.6 is 12.4 Å². The van der Waals surface area contributed by atoms with Gasteiger partial charge in [0.25, 0.3) is 0 Å². The van der Waals surface area contributed by atoms with Crippen LogP contribution in [0.3, 0.4) is 0 Å². The number of aryl methyl sites for hydroxylation is 1. The Morgan fingerprint density at radius 1 is 1.12 bits per heavy atom. The number of fused-ring (bicyclic) bond motifs is 1. The minimum absolute atomic E-state index is 0. The monoisotopic (exact) mass is 615 g/mol. The number of benzene rings is 2. The van der Waals surface area contributed by atoms with Crippen molar-refractivity contribution in [1.82, 2.24) is 24.6 Å². The molecule has 0 bridgehead atoms. The Morgan fingerprint density at radius 3 is 2.69 bits per heavy atom. The molecule has 0 saturated carbocycles. The lowest BCUT2D eigenvalue weighted by molar-refractivity contribution is 0.466. The molecule has 13 heteroatoms. The van der Waals surface area contributed by atoms with Gasteiger partial charge >= 0.3 is 10.2 Å². The first-order valence-corrected chi connectivity index (χ1v) is 15.1. The maximum atomic E-state index is 15.0. The fraction of sp³-hybridized carbons (Fsp3) is 0.345. The summed E-state index contributed by atoms with van der Waals surface area (Å²) in [5.74, 6) is 0.577. The molecule has 224 valence electrons. The van der Waals surface area contributed by atoms with Crippen molar-refractivity contribution < 1.29 is 17.5 Å². The molecule has 2 aromatic heterocycles. The van der Waals surface area contributed by atoms with Crippen molar-refractivity contribution in [1.29, 1.82) is 0 Å². The van der Waals surface area contributed by atoms with E-state index in [0.717, 1.165) is 35.8 Å². The largest absolute Gasteiger partial charge is 0.437 e. The molecule has 2 aromatic carbocycles. The number of nitrogens with zero attached hydrogens (tertiary/aromatic N) is 4. The molecule has 5 rings (SSSR count). The van der Waals surface area contributed by atoms with Gasteiger partial charge in [-0.05, 0) is 68.6 Å². The number of ether oxygens (including phenoxy) is 1. The third-order valence-corrected chi connectivity index (χ3v) is 8.47. The summed E-state index contributed by atoms with van der Waals surface area (Å²) in [6, 6.07) is 11.9. The number of rotatable bonds is 10. The molecule has 0 aliphatic carbocycles. The summed E-state index contributed by atoms with van der Waals surface area (Å²) in [5, 5.41) is 7.68. The van der Waals surface area contributed by atoms with Gasteiger partial charge in [-0.1, -0.05) is 19.1 Å². The fourth-order valence-electron chi connectivity index (χ4n) is 4.84. The number of piperidine rings is 1. The zero-order valence-electron chi connectivity index (χ0n) is 23.7. The summed E-state index contributed by atoms with van der Waals surface area (Å²) in [7, 11) is -2.51. The molecule has 1 aliphatic rings. The van der Waals surface area contributed by atoms with E-state index >= 15 is 4.39 Å². The molecule has 0 radical (unpaired) electrons. The number of hydrogen-bond acceptors (Lipinski definition) is 8. The highest BCUT2D eigenvalue weighted by Gasteiger charge is 2.22. The summed E-state index contributed by atoms with van der Waals surface area (Å²) in [4.78, 5) is 13.6. The Labute approximate surface area is 251 Å². The van der Waals surface area contributed by atoms with Crippen LogP contribution in [0.5, 0.6) is 11.6 Å². The van der Waals surface area contributed by atoms with Crippen molar-refractivity contribution in [3.63, 3.8) is 0 Å². The first-order chi connectivity index (χ1) is 19.8. The van der Waals surface area contributed by atoms with E-state index in [2.05, 4.69) is 25.3 Å². The minimum Gasteiger partial charge on any atom is -0.437 e. The molecule has 1 fully saturated rings. The van der Waals surface area contributed by atoms with Crippen molar-refractivity contribution in [3.05, 3.63) is 66.2 Å². The smallest absolute Gasteiger partial charge is 0.301 e. The highest BCUT2D eigenvalue weighted by molar-refractivity contribution is 7.90. The zero-order chi connectivity index (χ0) is 29.0. The topological polar surface area (TPSA) is 121 Å². The number of pyridine rings is 1. The van der Waals surface area contributed by atoms with E-state index in [9.17, 15) is 8.42 Å². The summed E-state index contributed by atoms with van der Waals surface area (Å²) in [6.45, 7) is 5.90. The molecule has 4 aromatic rings. The van der Waals surface area contributed by atoms with E-state index in [4.69, 9.17) is 9.72 Å². The maximum absolute atomic E-state index is 15.0. The van der Waals surface area contributed by atoms with Crippen molar-refractivity contribution in [2.45, 2.75) is 39.2 Å². The summed E-state index contributed by atoms with van der Waals surface area (Å²) < 4.78 is 50.7. The van der Waals surface area contributed by atoms with Gasteiger partial charge in [0.1, 0.15) is 11.6 Å². The lowest BCUT2D eigenvalue weighted by atomic mass is 10.0. The number of nitrogens with one attached hydrogen (secondary N) is 3. The average Bonchev–Trinajstić information content (AvgIpc) is 2.97. The Morgan fingerprint density at radius 2 is 1.93 bits per heavy atom. The average molecular weight is 616 g/mol. The molecule has 1 saturated heterocycles. The van der Waals surface area contributed by atoms with Crippen molar-refractivity contribution in [2.24, 2.45) is 0 Å². The van der Waals surface area contributed by atoms with E-state index in [-0.39, 0.29) is 24.1 Å². The summed E-state index contributed by atoms with van der Waals surface area (Å²) in [6.07, 6.45) is 6.06. The van der Waals surface area contributed by atoms with Gasteiger partial charge in [-0.3, -0.25) is 4.72 Å². The van der Waals surface area contributed by atoms with Gasteiger partial charge in [0, 0.05) is 49.3 Å². The van der Waals surface area contributed by atoms with E-state index < -0.39 is 16.0 Å². The Kier molecular flexibility index (Phi) is 10.2. The fourth-order valence-corrected chi connectivity index (χ4v) is 5.89. The molecular formula is C29H35ClFN7O3S. The normalized spacial score (nSPS) is 15.3. The van der Waals surface area contributed by atoms with Crippen LogP contribution in [0, 0.1) is 12.7 Å². The number of anilines is 2. The number of hydrogen-bond donors (Lipinski definition) is 3. The SMILES string of the molecule is CCCN(C)S(=O)(=O)Nc1c(F)ccc2c(Oc3ncccc3-c3ccnc(N[C@H]4CCCNC4)n3)c(C)ccc12.Cl. The standard InChI is InChI=1S/C29H34FN7O3S.ClH/c1-4-17-37(3)41(38,39)36-26-21-10-9-19(2)27(22(21)11-12-24(26)30)40-28-23(8-6-15-32-28)25-13-16-33-29(35-25)34-20-7-5-14-31-18-20;/h6,8-13,15-16,20,31,36H,4-5,7,14,17-18H2,1-3H3,(H,33,34,35);1H/t20-;/m0./s1. The van der Waals surface area contributed by atoms with Gasteiger partial charge in [-0.2, -0.15) is 12.7 Å². The van der Waals surface area contributed by atoms with E-state index in [1.54, 1.807) is 42.7 Å². The van der Waals surface area contributed by atoms with Gasteiger partial charge in [-0.15, -0.1) is 12.4 Å². The lowest BCUT2D eigenvalue weighted by Crippen LogP contribution is -2.38. The van der Waals surface area contributed by atoms with Gasteiger partial charge in [-0.25, -0.2) is 19.3 Å². The second kappa shape index (κ2) is 13.6. The number of aromatic nitrogens is 3. The first kappa shape index (κ1) is 31.4. The molecule has 0 unspecified atom stereocenters. The lowest BCUT2D eigenvalue weighted by Gasteiger charge is -2.23. The first-order valence-electron chi connectivity index (χ1n) is 13.7. The molecule has 1 aliphatic heterocycles. The quantitative estimate of drug-likeness (QED) is 0.213. The van der Waals surface area contributed by atoms with E-state index in [0.29, 0.717) is 52.6 Å². The second-order valence-corrected chi connectivity index (χ2v) is 11.8. The zero-order valence-corrected chi connectivity index (χ0v) is 25.4. The van der Waals surface area contributed by atoms with Crippen LogP contribution in [0.4, 0.5) is 16.0 Å². The van der Waals surface area contributed by atoms with Gasteiger partial charge < -0.3 is 15.4 Å². The predicted molar refractivity (Wildman–Crippen MR) is 166 cm³/mol. The van der Waals surface area contributed by atoms with E-state index in [1.165, 1.54) is 13.1 Å². The highest BCUT2D eigenvalue weighted by atomic mass is 35.5. The van der Waals surface area contributed by atoms with Crippen LogP contribution in [0.2, 0.25) is 0 Å². The van der Waals surface area contributed by atoms with Crippen molar-refractivity contribution in [2.75, 3.05) is 36.7 Å². The summed E-state index contributed by atoms with van der Waals surface area (Å²) >= 11 is 0. The van der Waals surface area contributed by atoms with Crippen LogP contribution in [0.15, 0.2) is 54.9 Å². The van der Waals surface area contributed by atoms with Crippen LogP contribution < -0.4 is 20.1 Å². The number of halogens is 2. The molecule has 42 heavy (non-hydrogen) atoms. The van der Waals surface area contributed by atoms with Crippen molar-refractivity contribution >= 4 is 45.0 Å². The van der Waals surface area contributed by atoms with E-state index in [1.807, 2.05) is 19.9 Å². The van der Waals surface area contributed by atoms with Crippen LogP contribution in [0.1, 0.15) is 31.7 Å². The third-order valence-electron chi connectivity index (χ3n) is 7.01. The minimum atomic E-state index is -3.96. The molecule has 1 atom stereocenters.